The summed E-state index contributed by atoms with van der Waals surface area (Å²) in [6.07, 6.45) is 0. The third-order valence-electron chi connectivity index (χ3n) is 2.85. The number of carbonyl (C=O) groups is 1. The number of hydrogen-bond acceptors (Lipinski definition) is 1. The minimum atomic E-state index is -0.387. The van der Waals surface area contributed by atoms with Crippen LogP contribution in [0.1, 0.15) is 15.9 Å². The van der Waals surface area contributed by atoms with Crippen LogP contribution in [0.5, 0.6) is 0 Å². The van der Waals surface area contributed by atoms with Gasteiger partial charge in [0.05, 0.1) is 4.47 Å². The van der Waals surface area contributed by atoms with Gasteiger partial charge in [-0.1, -0.05) is 23.7 Å². The quantitative estimate of drug-likeness (QED) is 0.792. The first kappa shape index (κ1) is 15.0. The Kier molecular flexibility index (Phi) is 4.78. The Morgan fingerprint density at radius 2 is 1.90 bits per heavy atom. The molecular weight excluding hydrogens is 345 g/mol. The molecule has 0 radical (unpaired) electrons. The number of rotatable bonds is 3. The zero-order valence-corrected chi connectivity index (χ0v) is 13.1. The van der Waals surface area contributed by atoms with Gasteiger partial charge in [-0.2, -0.15) is 0 Å². The Hall–Kier alpha value is -1.39. The molecule has 2 aromatic carbocycles. The summed E-state index contributed by atoms with van der Waals surface area (Å²) in [4.78, 5) is 13.8. The standard InChI is InChI=1S/C15H12BrClFNO/c1-19(9-10-2-5-12(17)6-3-10)15(20)11-4-7-14(18)13(16)8-11/h2-8H,9H2,1H3. The van der Waals surface area contributed by atoms with Gasteiger partial charge in [-0.05, 0) is 51.8 Å². The van der Waals surface area contributed by atoms with Gasteiger partial charge in [0.1, 0.15) is 5.82 Å². The molecule has 2 nitrogen and oxygen atoms in total. The molecule has 20 heavy (non-hydrogen) atoms. The van der Waals surface area contributed by atoms with E-state index in [0.717, 1.165) is 5.56 Å². The lowest BCUT2D eigenvalue weighted by Crippen LogP contribution is -2.26. The van der Waals surface area contributed by atoms with Crippen molar-refractivity contribution in [2.45, 2.75) is 6.54 Å². The van der Waals surface area contributed by atoms with Crippen LogP contribution < -0.4 is 0 Å². The van der Waals surface area contributed by atoms with E-state index < -0.39 is 0 Å². The molecule has 0 saturated heterocycles. The van der Waals surface area contributed by atoms with Crippen LogP contribution in [0.4, 0.5) is 4.39 Å². The van der Waals surface area contributed by atoms with E-state index in [2.05, 4.69) is 15.9 Å². The van der Waals surface area contributed by atoms with Crippen molar-refractivity contribution >= 4 is 33.4 Å². The molecule has 0 N–H and O–H groups in total. The minimum absolute atomic E-state index is 0.166. The highest BCUT2D eigenvalue weighted by molar-refractivity contribution is 9.10. The van der Waals surface area contributed by atoms with Crippen molar-refractivity contribution in [3.63, 3.8) is 0 Å². The molecule has 0 atom stereocenters. The molecule has 0 aliphatic rings. The summed E-state index contributed by atoms with van der Waals surface area (Å²) in [5.74, 6) is -0.553. The SMILES string of the molecule is CN(Cc1ccc(Cl)cc1)C(=O)c1ccc(F)c(Br)c1. The lowest BCUT2D eigenvalue weighted by molar-refractivity contribution is 0.0785. The van der Waals surface area contributed by atoms with E-state index in [-0.39, 0.29) is 16.2 Å². The molecule has 0 bridgehead atoms. The fourth-order valence-electron chi connectivity index (χ4n) is 1.79. The van der Waals surface area contributed by atoms with E-state index in [0.29, 0.717) is 17.1 Å². The molecule has 2 rings (SSSR count). The maximum Gasteiger partial charge on any atom is 0.253 e. The zero-order valence-electron chi connectivity index (χ0n) is 10.7. The average molecular weight is 357 g/mol. The van der Waals surface area contributed by atoms with Crippen molar-refractivity contribution in [1.82, 2.24) is 4.90 Å². The van der Waals surface area contributed by atoms with Gasteiger partial charge in [-0.25, -0.2) is 4.39 Å². The largest absolute Gasteiger partial charge is 0.337 e. The Balaban J connectivity index is 2.11. The molecule has 5 heteroatoms. The van der Waals surface area contributed by atoms with Gasteiger partial charge >= 0.3 is 0 Å². The number of halogens is 3. The van der Waals surface area contributed by atoms with E-state index in [4.69, 9.17) is 11.6 Å². The normalized spacial score (nSPS) is 10.4. The molecule has 2 aromatic rings. The van der Waals surface area contributed by atoms with Gasteiger partial charge in [-0.3, -0.25) is 4.79 Å². The predicted molar refractivity (Wildman–Crippen MR) is 81.3 cm³/mol. The van der Waals surface area contributed by atoms with E-state index >= 15 is 0 Å². The van der Waals surface area contributed by atoms with Crippen molar-refractivity contribution in [2.24, 2.45) is 0 Å². The molecule has 104 valence electrons. The first-order valence-electron chi connectivity index (χ1n) is 5.92. The van der Waals surface area contributed by atoms with Crippen LogP contribution in [-0.4, -0.2) is 17.9 Å². The predicted octanol–water partition coefficient (Wildman–Crippen LogP) is 4.51. The minimum Gasteiger partial charge on any atom is -0.337 e. The van der Waals surface area contributed by atoms with Crippen LogP contribution in [-0.2, 0) is 6.54 Å². The Morgan fingerprint density at radius 1 is 1.25 bits per heavy atom. The Morgan fingerprint density at radius 3 is 2.50 bits per heavy atom. The van der Waals surface area contributed by atoms with E-state index in [1.165, 1.54) is 18.2 Å². The summed E-state index contributed by atoms with van der Waals surface area (Å²) in [5.41, 5.74) is 1.42. The monoisotopic (exact) mass is 355 g/mol. The average Bonchev–Trinajstić information content (AvgIpc) is 2.43. The fourth-order valence-corrected chi connectivity index (χ4v) is 2.29. The lowest BCUT2D eigenvalue weighted by Gasteiger charge is -2.17. The maximum absolute atomic E-state index is 13.2. The number of amides is 1. The molecule has 0 heterocycles. The van der Waals surface area contributed by atoms with Crippen molar-refractivity contribution in [3.8, 4) is 0 Å². The second kappa shape index (κ2) is 6.37. The van der Waals surface area contributed by atoms with Crippen molar-refractivity contribution < 1.29 is 9.18 Å². The molecule has 0 saturated carbocycles. The third-order valence-corrected chi connectivity index (χ3v) is 3.71. The second-order valence-electron chi connectivity index (χ2n) is 4.42. The molecule has 0 fully saturated rings. The molecule has 1 amide bonds. The zero-order chi connectivity index (χ0) is 14.7. The molecule has 0 aliphatic carbocycles. The van der Waals surface area contributed by atoms with E-state index in [1.807, 2.05) is 12.1 Å². The molecule has 0 aliphatic heterocycles. The van der Waals surface area contributed by atoms with Gasteiger partial charge in [0.2, 0.25) is 0 Å². The fraction of sp³-hybridized carbons (Fsp3) is 0.133. The van der Waals surface area contributed by atoms with Gasteiger partial charge in [0.15, 0.2) is 0 Å². The van der Waals surface area contributed by atoms with E-state index in [1.54, 1.807) is 24.1 Å². The Bertz CT molecular complexity index is 630. The van der Waals surface area contributed by atoms with Crippen LogP contribution in [0.15, 0.2) is 46.9 Å². The number of benzene rings is 2. The summed E-state index contributed by atoms with van der Waals surface area (Å²) in [6.45, 7) is 0.463. The van der Waals surface area contributed by atoms with Gasteiger partial charge in [0.25, 0.3) is 5.91 Å². The highest BCUT2D eigenvalue weighted by Crippen LogP contribution is 2.18. The highest BCUT2D eigenvalue weighted by Gasteiger charge is 2.13. The topological polar surface area (TPSA) is 20.3 Å². The summed E-state index contributed by atoms with van der Waals surface area (Å²) in [7, 11) is 1.70. The third kappa shape index (κ3) is 3.58. The summed E-state index contributed by atoms with van der Waals surface area (Å²) in [5, 5.41) is 0.658. The summed E-state index contributed by atoms with van der Waals surface area (Å²) < 4.78 is 13.4. The van der Waals surface area contributed by atoms with Crippen LogP contribution in [0.2, 0.25) is 5.02 Å². The summed E-state index contributed by atoms with van der Waals surface area (Å²) >= 11 is 8.90. The number of carbonyl (C=O) groups excluding carboxylic acids is 1. The first-order valence-corrected chi connectivity index (χ1v) is 7.09. The van der Waals surface area contributed by atoms with Crippen molar-refractivity contribution in [2.75, 3.05) is 7.05 Å². The van der Waals surface area contributed by atoms with Crippen LogP contribution >= 0.6 is 27.5 Å². The van der Waals surface area contributed by atoms with Crippen LogP contribution in [0.3, 0.4) is 0 Å². The first-order chi connectivity index (χ1) is 9.47. The van der Waals surface area contributed by atoms with Crippen LogP contribution in [0.25, 0.3) is 0 Å². The number of nitrogens with zero attached hydrogens (tertiary/aromatic N) is 1. The molecule has 0 aromatic heterocycles. The van der Waals surface area contributed by atoms with Crippen molar-refractivity contribution in [3.05, 3.63) is 68.9 Å². The van der Waals surface area contributed by atoms with Gasteiger partial charge < -0.3 is 4.90 Å². The second-order valence-corrected chi connectivity index (χ2v) is 5.71. The van der Waals surface area contributed by atoms with Gasteiger partial charge in [-0.15, -0.1) is 0 Å². The molecule has 0 spiro atoms. The maximum atomic E-state index is 13.2. The molecular formula is C15H12BrClFNO. The van der Waals surface area contributed by atoms with Gasteiger partial charge in [0, 0.05) is 24.2 Å². The molecule has 0 unspecified atom stereocenters. The Labute approximate surface area is 130 Å². The van der Waals surface area contributed by atoms with E-state index in [9.17, 15) is 9.18 Å². The lowest BCUT2D eigenvalue weighted by atomic mass is 10.1. The smallest absolute Gasteiger partial charge is 0.253 e. The number of hydrogen-bond donors (Lipinski definition) is 0. The highest BCUT2D eigenvalue weighted by atomic mass is 79.9. The van der Waals surface area contributed by atoms with Crippen LogP contribution in [0, 0.1) is 5.82 Å². The van der Waals surface area contributed by atoms with Crippen molar-refractivity contribution in [1.29, 1.82) is 0 Å². The summed E-state index contributed by atoms with van der Waals surface area (Å²) in [6, 6.07) is 11.5.